The number of benzene rings is 2. The van der Waals surface area contributed by atoms with Gasteiger partial charge in [0, 0.05) is 10.8 Å². The molecule has 0 saturated heterocycles. The van der Waals surface area contributed by atoms with Gasteiger partial charge in [-0.05, 0) is 73.9 Å². The average Bonchev–Trinajstić information content (AvgIpc) is 3.31. The normalized spacial score (nSPS) is 22.1. The van der Waals surface area contributed by atoms with Crippen LogP contribution in [0.25, 0.3) is 6.08 Å². The largest absolute Gasteiger partial charge is 0.497 e. The molecular formula is C30H40O3. The van der Waals surface area contributed by atoms with Gasteiger partial charge in [-0.25, -0.2) is 0 Å². The quantitative estimate of drug-likeness (QED) is 0.443. The van der Waals surface area contributed by atoms with Crippen molar-refractivity contribution in [3.63, 3.8) is 0 Å². The second-order valence-electron chi connectivity index (χ2n) is 9.67. The second-order valence-corrected chi connectivity index (χ2v) is 9.67. The Morgan fingerprint density at radius 3 is 1.88 bits per heavy atom. The molecular weight excluding hydrogens is 408 g/mol. The maximum atomic E-state index is 11.8. The van der Waals surface area contributed by atoms with Crippen LogP contribution in [0.5, 0.6) is 11.5 Å². The molecule has 2 bridgehead atoms. The van der Waals surface area contributed by atoms with Crippen LogP contribution < -0.4 is 9.47 Å². The molecule has 2 saturated carbocycles. The molecule has 4 rings (SSSR count). The summed E-state index contributed by atoms with van der Waals surface area (Å²) < 4.78 is 10.0. The zero-order valence-electron chi connectivity index (χ0n) is 21.2. The molecule has 0 amide bonds. The van der Waals surface area contributed by atoms with E-state index in [4.69, 9.17) is 9.47 Å². The molecule has 3 heteroatoms. The number of ether oxygens (including phenoxy) is 2. The number of fused-ring (bicyclic) bond motifs is 2. The molecule has 0 aromatic heterocycles. The first-order chi connectivity index (χ1) is 15.7. The summed E-state index contributed by atoms with van der Waals surface area (Å²) >= 11 is 0. The summed E-state index contributed by atoms with van der Waals surface area (Å²) in [5.74, 6) is 3.00. The Balaban J connectivity index is 0.000000175. The number of rotatable bonds is 5. The van der Waals surface area contributed by atoms with E-state index in [0.29, 0.717) is 11.7 Å². The molecule has 2 aliphatic carbocycles. The minimum absolute atomic E-state index is 0.00694. The highest BCUT2D eigenvalue weighted by Crippen LogP contribution is 2.59. The van der Waals surface area contributed by atoms with Gasteiger partial charge in [0.2, 0.25) is 0 Å². The zero-order chi connectivity index (χ0) is 24.5. The van der Waals surface area contributed by atoms with Crippen molar-refractivity contribution in [2.75, 3.05) is 14.2 Å². The third-order valence-corrected chi connectivity index (χ3v) is 6.91. The first-order valence-corrected chi connectivity index (χ1v) is 11.8. The fourth-order valence-corrected chi connectivity index (χ4v) is 4.86. The van der Waals surface area contributed by atoms with Crippen LogP contribution in [0.3, 0.4) is 0 Å². The topological polar surface area (TPSA) is 35.5 Å². The van der Waals surface area contributed by atoms with E-state index in [0.717, 1.165) is 30.8 Å². The Hall–Kier alpha value is -2.81. The molecule has 178 valence electrons. The Labute approximate surface area is 200 Å². The van der Waals surface area contributed by atoms with Crippen LogP contribution >= 0.6 is 0 Å². The summed E-state index contributed by atoms with van der Waals surface area (Å²) in [7, 11) is 3.34. The first kappa shape index (κ1) is 26.4. The maximum Gasteiger partial charge on any atom is 0.144 e. The number of carbonyl (C=O) groups excluding carboxylic acids is 1. The lowest BCUT2D eigenvalue weighted by Crippen LogP contribution is -2.35. The fraction of sp³-hybridized carbons (Fsp3) is 0.433. The van der Waals surface area contributed by atoms with Crippen LogP contribution in [0.1, 0.15) is 58.1 Å². The van der Waals surface area contributed by atoms with Crippen molar-refractivity contribution >= 4 is 11.9 Å². The van der Waals surface area contributed by atoms with Crippen molar-refractivity contribution in [2.24, 2.45) is 16.7 Å². The molecule has 0 heterocycles. The van der Waals surface area contributed by atoms with Gasteiger partial charge < -0.3 is 9.47 Å². The van der Waals surface area contributed by atoms with Crippen LogP contribution in [-0.2, 0) is 11.2 Å². The van der Waals surface area contributed by atoms with Gasteiger partial charge in [0.15, 0.2) is 0 Å². The summed E-state index contributed by atoms with van der Waals surface area (Å²) in [6.07, 6.45) is 10.4. The predicted molar refractivity (Wildman–Crippen MR) is 139 cm³/mol. The standard InChI is InChI=1S/C10H16O.2C10H12O/c1-9(2)7-4-5-10(3,6-7)8(9)11;2*1-3-4-9-5-7-10(11-2)8-6-9/h7H,4-6H2,1-3H3;3-8H,1-2H3;3,5-8H,1,4H2,2H3/b;4-3+;. The van der Waals surface area contributed by atoms with Gasteiger partial charge in [-0.3, -0.25) is 4.79 Å². The van der Waals surface area contributed by atoms with Crippen molar-refractivity contribution < 1.29 is 14.3 Å². The summed E-state index contributed by atoms with van der Waals surface area (Å²) in [5.41, 5.74) is 2.52. The fourth-order valence-electron chi connectivity index (χ4n) is 4.86. The molecule has 33 heavy (non-hydrogen) atoms. The van der Waals surface area contributed by atoms with Crippen LogP contribution in [0.4, 0.5) is 0 Å². The lowest BCUT2D eigenvalue weighted by atomic mass is 9.72. The van der Waals surface area contributed by atoms with Gasteiger partial charge in [0.05, 0.1) is 14.2 Å². The highest BCUT2D eigenvalue weighted by molar-refractivity contribution is 5.92. The third kappa shape index (κ3) is 6.83. The lowest BCUT2D eigenvalue weighted by molar-refractivity contribution is -0.134. The molecule has 2 fully saturated rings. The monoisotopic (exact) mass is 448 g/mol. The number of hydrogen-bond donors (Lipinski definition) is 0. The van der Waals surface area contributed by atoms with E-state index in [-0.39, 0.29) is 10.8 Å². The van der Waals surface area contributed by atoms with Crippen molar-refractivity contribution in [1.29, 1.82) is 0 Å². The molecule has 0 N–H and O–H groups in total. The van der Waals surface area contributed by atoms with E-state index in [1.54, 1.807) is 14.2 Å². The van der Waals surface area contributed by atoms with Gasteiger partial charge in [-0.1, -0.05) is 63.3 Å². The maximum absolute atomic E-state index is 11.8. The molecule has 2 unspecified atom stereocenters. The molecule has 2 atom stereocenters. The minimum atomic E-state index is -0.00694. The number of ketones is 1. The van der Waals surface area contributed by atoms with Crippen molar-refractivity contribution in [3.8, 4) is 11.5 Å². The summed E-state index contributed by atoms with van der Waals surface area (Å²) in [4.78, 5) is 11.8. The Morgan fingerprint density at radius 1 is 0.970 bits per heavy atom. The van der Waals surface area contributed by atoms with Gasteiger partial charge in [0.1, 0.15) is 17.3 Å². The van der Waals surface area contributed by atoms with Gasteiger partial charge >= 0.3 is 0 Å². The number of carbonyl (C=O) groups is 1. The first-order valence-electron chi connectivity index (χ1n) is 11.8. The minimum Gasteiger partial charge on any atom is -0.497 e. The van der Waals surface area contributed by atoms with Gasteiger partial charge in [0.25, 0.3) is 0 Å². The zero-order valence-corrected chi connectivity index (χ0v) is 21.2. The second kappa shape index (κ2) is 11.9. The van der Waals surface area contributed by atoms with Crippen LogP contribution in [0.2, 0.25) is 0 Å². The van der Waals surface area contributed by atoms with E-state index in [2.05, 4.69) is 33.4 Å². The lowest BCUT2D eigenvalue weighted by Gasteiger charge is -2.31. The Kier molecular flexibility index (Phi) is 9.52. The van der Waals surface area contributed by atoms with Crippen LogP contribution in [0.15, 0.2) is 67.3 Å². The third-order valence-electron chi connectivity index (χ3n) is 6.91. The number of hydrogen-bond acceptors (Lipinski definition) is 3. The highest BCUT2D eigenvalue weighted by Gasteiger charge is 2.58. The van der Waals surface area contributed by atoms with E-state index < -0.39 is 0 Å². The molecule has 2 aromatic carbocycles. The van der Waals surface area contributed by atoms with Crippen molar-refractivity contribution in [2.45, 2.75) is 53.4 Å². The van der Waals surface area contributed by atoms with E-state index in [1.807, 2.05) is 67.6 Å². The molecule has 0 spiro atoms. The Morgan fingerprint density at radius 2 is 1.52 bits per heavy atom. The molecule has 2 aromatic rings. The van der Waals surface area contributed by atoms with E-state index >= 15 is 0 Å². The van der Waals surface area contributed by atoms with Crippen molar-refractivity contribution in [1.82, 2.24) is 0 Å². The van der Waals surface area contributed by atoms with Crippen LogP contribution in [0, 0.1) is 16.7 Å². The van der Waals surface area contributed by atoms with Gasteiger partial charge in [-0.2, -0.15) is 0 Å². The Bertz CT molecular complexity index is 915. The number of methoxy groups -OCH3 is 2. The van der Waals surface area contributed by atoms with Crippen molar-refractivity contribution in [3.05, 3.63) is 78.4 Å². The number of allylic oxidation sites excluding steroid dienone is 2. The molecule has 2 aliphatic rings. The highest BCUT2D eigenvalue weighted by atomic mass is 16.5. The summed E-state index contributed by atoms with van der Waals surface area (Å²) in [5, 5.41) is 0. The SMILES string of the molecule is C/C=C/c1ccc(OC)cc1.C=CCc1ccc(OC)cc1.CC12CCC(C1)C(C)(C)C2=O. The van der Waals surface area contributed by atoms with Crippen LogP contribution in [-0.4, -0.2) is 20.0 Å². The number of Topliss-reactive ketones (excluding diaryl/α,β-unsaturated/α-hetero) is 1. The average molecular weight is 449 g/mol. The smallest absolute Gasteiger partial charge is 0.144 e. The predicted octanol–water partition coefficient (Wildman–Crippen LogP) is 7.55. The molecule has 3 nitrogen and oxygen atoms in total. The summed E-state index contributed by atoms with van der Waals surface area (Å²) in [6, 6.07) is 16.0. The summed E-state index contributed by atoms with van der Waals surface area (Å²) in [6.45, 7) is 12.0. The molecule has 0 radical (unpaired) electrons. The van der Waals surface area contributed by atoms with Gasteiger partial charge in [-0.15, -0.1) is 6.58 Å². The molecule has 0 aliphatic heterocycles. The van der Waals surface area contributed by atoms with E-state index in [1.165, 1.54) is 17.5 Å². The van der Waals surface area contributed by atoms with E-state index in [9.17, 15) is 4.79 Å².